The number of aryl methyl sites for hydroxylation is 1. The summed E-state index contributed by atoms with van der Waals surface area (Å²) in [5.41, 5.74) is 2.53. The van der Waals surface area contributed by atoms with Gasteiger partial charge in [-0.05, 0) is 24.6 Å². The molecule has 0 aliphatic rings. The molecule has 0 saturated carbocycles. The number of nitrogens with one attached hydrogen (secondary N) is 1. The quantitative estimate of drug-likeness (QED) is 0.690. The van der Waals surface area contributed by atoms with E-state index in [4.69, 9.17) is 0 Å². The highest BCUT2D eigenvalue weighted by Crippen LogP contribution is 2.21. The monoisotopic (exact) mass is 356 g/mol. The van der Waals surface area contributed by atoms with Crippen molar-refractivity contribution in [2.24, 2.45) is 0 Å². The van der Waals surface area contributed by atoms with E-state index in [-0.39, 0.29) is 24.0 Å². The molecule has 25 heavy (non-hydrogen) atoms. The summed E-state index contributed by atoms with van der Waals surface area (Å²) in [6.07, 6.45) is 1.63. The van der Waals surface area contributed by atoms with Crippen molar-refractivity contribution in [3.8, 4) is 5.69 Å². The van der Waals surface area contributed by atoms with Crippen LogP contribution in [0, 0.1) is 12.7 Å². The van der Waals surface area contributed by atoms with Gasteiger partial charge in [-0.3, -0.25) is 9.36 Å². The number of halogens is 1. The third-order valence-electron chi connectivity index (χ3n) is 3.66. The van der Waals surface area contributed by atoms with Crippen molar-refractivity contribution in [3.63, 3.8) is 0 Å². The van der Waals surface area contributed by atoms with E-state index < -0.39 is 0 Å². The van der Waals surface area contributed by atoms with Gasteiger partial charge >= 0.3 is 0 Å². The lowest BCUT2D eigenvalue weighted by atomic mass is 10.2. The second-order valence-corrected chi connectivity index (χ2v) is 6.37. The second-order valence-electron chi connectivity index (χ2n) is 5.43. The Morgan fingerprint density at radius 2 is 1.96 bits per heavy atom. The van der Waals surface area contributed by atoms with Crippen molar-refractivity contribution in [2.75, 3.05) is 5.75 Å². The molecular weight excluding hydrogens is 339 g/mol. The number of nitrogens with zero attached hydrogens (tertiary/aromatic N) is 3. The molecule has 3 rings (SSSR count). The molecule has 0 unspecified atom stereocenters. The maximum absolute atomic E-state index is 13.5. The highest BCUT2D eigenvalue weighted by atomic mass is 32.2. The summed E-state index contributed by atoms with van der Waals surface area (Å²) < 4.78 is 15.4. The molecule has 128 valence electrons. The summed E-state index contributed by atoms with van der Waals surface area (Å²) in [4.78, 5) is 12.0. The molecule has 5 nitrogen and oxygen atoms in total. The van der Waals surface area contributed by atoms with Crippen molar-refractivity contribution in [2.45, 2.75) is 18.6 Å². The lowest BCUT2D eigenvalue weighted by molar-refractivity contribution is -0.118. The smallest absolute Gasteiger partial charge is 0.230 e. The number of rotatable bonds is 6. The summed E-state index contributed by atoms with van der Waals surface area (Å²) >= 11 is 1.29. The number of thioether (sulfide) groups is 1. The highest BCUT2D eigenvalue weighted by molar-refractivity contribution is 7.99. The predicted molar refractivity (Wildman–Crippen MR) is 95.1 cm³/mol. The first-order valence-corrected chi connectivity index (χ1v) is 8.72. The van der Waals surface area contributed by atoms with Crippen molar-refractivity contribution < 1.29 is 9.18 Å². The minimum atomic E-state index is -0.324. The minimum absolute atomic E-state index is 0.163. The van der Waals surface area contributed by atoms with Gasteiger partial charge < -0.3 is 5.32 Å². The number of aromatic nitrogens is 3. The Hall–Kier alpha value is -2.67. The first kappa shape index (κ1) is 17.2. The lowest BCUT2D eigenvalue weighted by Gasteiger charge is -2.09. The van der Waals surface area contributed by atoms with E-state index in [1.807, 2.05) is 35.8 Å². The van der Waals surface area contributed by atoms with E-state index >= 15 is 0 Å². The first-order valence-electron chi connectivity index (χ1n) is 7.74. The van der Waals surface area contributed by atoms with Gasteiger partial charge in [0.25, 0.3) is 0 Å². The number of carbonyl (C=O) groups is 1. The Kier molecular flexibility index (Phi) is 5.45. The van der Waals surface area contributed by atoms with Gasteiger partial charge in [-0.2, -0.15) is 0 Å². The minimum Gasteiger partial charge on any atom is -0.351 e. The molecule has 1 N–H and O–H groups in total. The SMILES string of the molecule is Cc1ccccc1-n1cnnc1SCC(=O)NCc1ccccc1F. The number of carbonyl (C=O) groups excluding carboxylic acids is 1. The summed E-state index contributed by atoms with van der Waals surface area (Å²) in [5.74, 6) is -0.332. The predicted octanol–water partition coefficient (Wildman–Crippen LogP) is 3.12. The van der Waals surface area contributed by atoms with E-state index in [9.17, 15) is 9.18 Å². The van der Waals surface area contributed by atoms with E-state index in [0.29, 0.717) is 10.7 Å². The molecule has 0 spiro atoms. The van der Waals surface area contributed by atoms with Crippen LogP contribution < -0.4 is 5.32 Å². The van der Waals surface area contributed by atoms with Crippen LogP contribution >= 0.6 is 11.8 Å². The fourth-order valence-corrected chi connectivity index (χ4v) is 3.09. The summed E-state index contributed by atoms with van der Waals surface area (Å²) in [5, 5.41) is 11.4. The summed E-state index contributed by atoms with van der Waals surface area (Å²) in [7, 11) is 0. The Bertz CT molecular complexity index is 881. The van der Waals surface area contributed by atoms with E-state index in [1.165, 1.54) is 17.8 Å². The van der Waals surface area contributed by atoms with E-state index in [1.54, 1.807) is 24.5 Å². The van der Waals surface area contributed by atoms with Crippen molar-refractivity contribution in [1.82, 2.24) is 20.1 Å². The van der Waals surface area contributed by atoms with Gasteiger partial charge in [0.2, 0.25) is 5.91 Å². The van der Waals surface area contributed by atoms with Gasteiger partial charge in [-0.1, -0.05) is 48.2 Å². The third kappa shape index (κ3) is 4.24. The van der Waals surface area contributed by atoms with Crippen LogP contribution in [0.15, 0.2) is 60.0 Å². The third-order valence-corrected chi connectivity index (χ3v) is 4.60. The Balaban J connectivity index is 1.59. The number of para-hydroxylation sites is 1. The molecule has 0 bridgehead atoms. The summed E-state index contributed by atoms with van der Waals surface area (Å²) in [6.45, 7) is 2.17. The van der Waals surface area contributed by atoms with Gasteiger partial charge in [0.15, 0.2) is 5.16 Å². The molecule has 7 heteroatoms. The average molecular weight is 356 g/mol. The molecule has 0 atom stereocenters. The molecule has 3 aromatic rings. The number of hydrogen-bond donors (Lipinski definition) is 1. The summed E-state index contributed by atoms with van der Waals surface area (Å²) in [6, 6.07) is 14.3. The average Bonchev–Trinajstić information content (AvgIpc) is 3.08. The fourth-order valence-electron chi connectivity index (χ4n) is 2.34. The molecule has 0 fully saturated rings. The number of amides is 1. The Morgan fingerprint density at radius 3 is 2.76 bits per heavy atom. The zero-order valence-electron chi connectivity index (χ0n) is 13.6. The topological polar surface area (TPSA) is 59.8 Å². The zero-order chi connectivity index (χ0) is 17.6. The molecular formula is C18H17FN4OS. The molecule has 2 aromatic carbocycles. The molecule has 0 aliphatic heterocycles. The standard InChI is InChI=1S/C18H17FN4OS/c1-13-6-2-5-9-16(13)23-12-21-22-18(23)25-11-17(24)20-10-14-7-3-4-8-15(14)19/h2-9,12H,10-11H2,1H3,(H,20,24). The van der Waals surface area contributed by atoms with E-state index in [0.717, 1.165) is 11.3 Å². The molecule has 0 saturated heterocycles. The van der Waals surface area contributed by atoms with Crippen molar-refractivity contribution >= 4 is 17.7 Å². The Labute approximate surface area is 149 Å². The van der Waals surface area contributed by atoms with Crippen LogP contribution in [0.5, 0.6) is 0 Å². The normalized spacial score (nSPS) is 10.6. The Morgan fingerprint density at radius 1 is 1.20 bits per heavy atom. The van der Waals surface area contributed by atoms with Gasteiger partial charge in [0, 0.05) is 12.1 Å². The number of hydrogen-bond acceptors (Lipinski definition) is 4. The molecule has 0 aliphatic carbocycles. The number of benzene rings is 2. The van der Waals surface area contributed by atoms with Crippen LogP contribution in [0.25, 0.3) is 5.69 Å². The van der Waals surface area contributed by atoms with Crippen molar-refractivity contribution in [3.05, 3.63) is 71.8 Å². The van der Waals surface area contributed by atoms with Gasteiger partial charge in [0.1, 0.15) is 12.1 Å². The van der Waals surface area contributed by atoms with Crippen molar-refractivity contribution in [1.29, 1.82) is 0 Å². The largest absolute Gasteiger partial charge is 0.351 e. The lowest BCUT2D eigenvalue weighted by Crippen LogP contribution is -2.25. The van der Waals surface area contributed by atoms with Gasteiger partial charge in [-0.25, -0.2) is 4.39 Å². The van der Waals surface area contributed by atoms with Crippen LogP contribution in [-0.2, 0) is 11.3 Å². The zero-order valence-corrected chi connectivity index (χ0v) is 14.5. The van der Waals surface area contributed by atoms with Crippen LogP contribution in [0.2, 0.25) is 0 Å². The first-order chi connectivity index (χ1) is 12.1. The van der Waals surface area contributed by atoms with Crippen LogP contribution in [0.3, 0.4) is 0 Å². The van der Waals surface area contributed by atoms with E-state index in [2.05, 4.69) is 15.5 Å². The fraction of sp³-hybridized carbons (Fsp3) is 0.167. The second kappa shape index (κ2) is 7.94. The van der Waals surface area contributed by atoms with Crippen LogP contribution in [0.1, 0.15) is 11.1 Å². The molecule has 1 heterocycles. The highest BCUT2D eigenvalue weighted by Gasteiger charge is 2.11. The van der Waals surface area contributed by atoms with Crippen LogP contribution in [-0.4, -0.2) is 26.4 Å². The molecule has 0 radical (unpaired) electrons. The maximum Gasteiger partial charge on any atom is 0.230 e. The maximum atomic E-state index is 13.5. The molecule has 1 aromatic heterocycles. The van der Waals surface area contributed by atoms with Gasteiger partial charge in [0.05, 0.1) is 11.4 Å². The van der Waals surface area contributed by atoms with Crippen LogP contribution in [0.4, 0.5) is 4.39 Å². The van der Waals surface area contributed by atoms with Gasteiger partial charge in [-0.15, -0.1) is 10.2 Å². The molecule has 1 amide bonds.